The molecule has 0 amide bonds. The zero-order valence-corrected chi connectivity index (χ0v) is 8.86. The lowest BCUT2D eigenvalue weighted by Gasteiger charge is -1.98. The molecule has 2 aromatic rings. The van der Waals surface area contributed by atoms with E-state index in [9.17, 15) is 4.79 Å². The Kier molecular flexibility index (Phi) is 2.72. The molecule has 0 spiro atoms. The van der Waals surface area contributed by atoms with Gasteiger partial charge in [0, 0.05) is 19.3 Å². The van der Waals surface area contributed by atoms with Gasteiger partial charge in [0.1, 0.15) is 5.01 Å². The van der Waals surface area contributed by atoms with Crippen molar-refractivity contribution in [1.29, 1.82) is 0 Å². The Bertz CT molecular complexity index is 505. The molecule has 0 radical (unpaired) electrons. The summed E-state index contributed by atoms with van der Waals surface area (Å²) in [6.07, 6.45) is 2.96. The number of nitrogens with one attached hydrogen (secondary N) is 1. The van der Waals surface area contributed by atoms with E-state index in [1.165, 1.54) is 34.5 Å². The zero-order chi connectivity index (χ0) is 10.7. The first kappa shape index (κ1) is 9.78. The van der Waals surface area contributed by atoms with Crippen molar-refractivity contribution >= 4 is 16.5 Å². The summed E-state index contributed by atoms with van der Waals surface area (Å²) in [5.74, 6) is 0. The smallest absolute Gasteiger partial charge is 0.253 e. The molecule has 2 rings (SSSR count). The van der Waals surface area contributed by atoms with Crippen molar-refractivity contribution in [2.24, 2.45) is 0 Å². The molecule has 6 nitrogen and oxygen atoms in total. The first-order valence-corrected chi connectivity index (χ1v) is 5.12. The summed E-state index contributed by atoms with van der Waals surface area (Å²) < 4.78 is 1.49. The van der Waals surface area contributed by atoms with Gasteiger partial charge in [-0.3, -0.25) is 9.36 Å². The van der Waals surface area contributed by atoms with Gasteiger partial charge in [-0.25, -0.2) is 4.98 Å². The summed E-state index contributed by atoms with van der Waals surface area (Å²) in [4.78, 5) is 15.2. The van der Waals surface area contributed by atoms with Gasteiger partial charge in [-0.15, -0.1) is 10.2 Å². The van der Waals surface area contributed by atoms with Crippen LogP contribution in [0.1, 0.15) is 5.01 Å². The fourth-order valence-electron chi connectivity index (χ4n) is 1.06. The fraction of sp³-hybridized carbons (Fsp3) is 0.250. The molecule has 0 saturated carbocycles. The van der Waals surface area contributed by atoms with Crippen LogP contribution in [0.25, 0.3) is 0 Å². The molecule has 0 aliphatic carbocycles. The van der Waals surface area contributed by atoms with E-state index in [-0.39, 0.29) is 5.56 Å². The second-order valence-corrected chi connectivity index (χ2v) is 3.86. The summed E-state index contributed by atoms with van der Waals surface area (Å²) in [5.41, 5.74) is -0.0915. The van der Waals surface area contributed by atoms with E-state index < -0.39 is 0 Å². The Balaban J connectivity index is 2.22. The minimum absolute atomic E-state index is 0.0915. The minimum Gasteiger partial charge on any atom is -0.363 e. The van der Waals surface area contributed by atoms with Gasteiger partial charge in [0.15, 0.2) is 0 Å². The number of anilines is 1. The van der Waals surface area contributed by atoms with Gasteiger partial charge in [-0.05, 0) is 0 Å². The van der Waals surface area contributed by atoms with E-state index >= 15 is 0 Å². The van der Waals surface area contributed by atoms with Crippen LogP contribution in [-0.2, 0) is 6.54 Å². The molecule has 0 saturated heterocycles. The van der Waals surface area contributed by atoms with Crippen LogP contribution in [0.15, 0.2) is 23.4 Å². The number of hydrogen-bond donors (Lipinski definition) is 1. The largest absolute Gasteiger partial charge is 0.363 e. The van der Waals surface area contributed by atoms with Crippen LogP contribution in [0, 0.1) is 0 Å². The minimum atomic E-state index is -0.0915. The predicted molar refractivity (Wildman–Crippen MR) is 57.1 cm³/mol. The molecule has 0 unspecified atom stereocenters. The molecule has 0 fully saturated rings. The van der Waals surface area contributed by atoms with Gasteiger partial charge in [0.2, 0.25) is 5.13 Å². The molecule has 0 atom stereocenters. The van der Waals surface area contributed by atoms with Crippen LogP contribution in [0.3, 0.4) is 0 Å². The number of nitrogens with zero attached hydrogens (tertiary/aromatic N) is 4. The highest BCUT2D eigenvalue weighted by molar-refractivity contribution is 7.15. The van der Waals surface area contributed by atoms with Crippen molar-refractivity contribution in [3.63, 3.8) is 0 Å². The molecule has 2 aromatic heterocycles. The molecule has 1 N–H and O–H groups in total. The number of aromatic nitrogens is 4. The van der Waals surface area contributed by atoms with Crippen LogP contribution >= 0.6 is 11.3 Å². The highest BCUT2D eigenvalue weighted by Gasteiger charge is 2.03. The maximum atomic E-state index is 11.4. The lowest BCUT2D eigenvalue weighted by molar-refractivity contribution is 0.723. The zero-order valence-electron chi connectivity index (χ0n) is 8.04. The van der Waals surface area contributed by atoms with E-state index in [0.717, 1.165) is 10.1 Å². The number of rotatable bonds is 3. The lowest BCUT2D eigenvalue weighted by Crippen LogP contribution is -2.19. The third kappa shape index (κ3) is 2.18. The van der Waals surface area contributed by atoms with Crippen LogP contribution < -0.4 is 10.9 Å². The van der Waals surface area contributed by atoms with Crippen molar-refractivity contribution in [3.05, 3.63) is 34.0 Å². The molecule has 0 bridgehead atoms. The van der Waals surface area contributed by atoms with Crippen molar-refractivity contribution in [2.75, 3.05) is 12.4 Å². The van der Waals surface area contributed by atoms with Crippen molar-refractivity contribution in [2.45, 2.75) is 6.54 Å². The van der Waals surface area contributed by atoms with Crippen LogP contribution in [0.5, 0.6) is 0 Å². The fourth-order valence-corrected chi connectivity index (χ4v) is 1.75. The standard InChI is InChI=1S/C8H9N5OS/c1-9-8-12-11-6(15-8)4-13-5-10-3-2-7(13)14/h2-3,5H,4H2,1H3,(H,9,12). The molecule has 0 aromatic carbocycles. The molecule has 0 aliphatic heterocycles. The topological polar surface area (TPSA) is 72.7 Å². The Morgan fingerprint density at radius 2 is 2.40 bits per heavy atom. The van der Waals surface area contributed by atoms with E-state index in [2.05, 4.69) is 20.5 Å². The normalized spacial score (nSPS) is 10.2. The number of hydrogen-bond acceptors (Lipinski definition) is 6. The molecule has 78 valence electrons. The third-order valence-corrected chi connectivity index (χ3v) is 2.70. The van der Waals surface area contributed by atoms with Gasteiger partial charge in [-0.1, -0.05) is 11.3 Å². The summed E-state index contributed by atoms with van der Waals surface area (Å²) in [6, 6.07) is 1.42. The second kappa shape index (κ2) is 4.18. The lowest BCUT2D eigenvalue weighted by atomic mass is 10.6. The van der Waals surface area contributed by atoms with Gasteiger partial charge < -0.3 is 5.32 Å². The molecular formula is C8H9N5OS. The Morgan fingerprint density at radius 1 is 1.53 bits per heavy atom. The average Bonchev–Trinajstić information content (AvgIpc) is 2.69. The Morgan fingerprint density at radius 3 is 3.07 bits per heavy atom. The molecule has 0 aliphatic rings. The highest BCUT2D eigenvalue weighted by Crippen LogP contribution is 2.14. The van der Waals surface area contributed by atoms with E-state index in [1.807, 2.05) is 0 Å². The first-order chi connectivity index (χ1) is 7.29. The molecule has 15 heavy (non-hydrogen) atoms. The Labute approximate surface area is 89.6 Å². The van der Waals surface area contributed by atoms with Crippen molar-refractivity contribution < 1.29 is 0 Å². The molecule has 2 heterocycles. The highest BCUT2D eigenvalue weighted by atomic mass is 32.1. The first-order valence-electron chi connectivity index (χ1n) is 4.30. The monoisotopic (exact) mass is 223 g/mol. The molecule has 7 heteroatoms. The van der Waals surface area contributed by atoms with Gasteiger partial charge in [0.25, 0.3) is 5.56 Å². The Hall–Kier alpha value is -1.76. The summed E-state index contributed by atoms with van der Waals surface area (Å²) in [6.45, 7) is 0.409. The van der Waals surface area contributed by atoms with Crippen LogP contribution in [0.2, 0.25) is 0 Å². The van der Waals surface area contributed by atoms with E-state index in [1.54, 1.807) is 7.05 Å². The van der Waals surface area contributed by atoms with Crippen LogP contribution in [0.4, 0.5) is 5.13 Å². The van der Waals surface area contributed by atoms with Crippen molar-refractivity contribution in [1.82, 2.24) is 19.7 Å². The summed E-state index contributed by atoms with van der Waals surface area (Å²) in [5, 5.41) is 12.2. The van der Waals surface area contributed by atoms with Crippen LogP contribution in [-0.4, -0.2) is 26.8 Å². The maximum Gasteiger partial charge on any atom is 0.253 e. The quantitative estimate of drug-likeness (QED) is 0.803. The molecular weight excluding hydrogens is 214 g/mol. The second-order valence-electron chi connectivity index (χ2n) is 2.80. The summed E-state index contributed by atoms with van der Waals surface area (Å²) in [7, 11) is 1.78. The SMILES string of the molecule is CNc1nnc(Cn2cnccc2=O)s1. The van der Waals surface area contributed by atoms with Gasteiger partial charge in [0.05, 0.1) is 12.9 Å². The van der Waals surface area contributed by atoms with E-state index in [4.69, 9.17) is 0 Å². The van der Waals surface area contributed by atoms with Gasteiger partial charge >= 0.3 is 0 Å². The average molecular weight is 223 g/mol. The predicted octanol–water partition coefficient (Wildman–Crippen LogP) is 0.185. The summed E-state index contributed by atoms with van der Waals surface area (Å²) >= 11 is 1.42. The van der Waals surface area contributed by atoms with Crippen molar-refractivity contribution in [3.8, 4) is 0 Å². The van der Waals surface area contributed by atoms with Gasteiger partial charge in [-0.2, -0.15) is 0 Å². The van der Waals surface area contributed by atoms with E-state index in [0.29, 0.717) is 6.54 Å². The maximum absolute atomic E-state index is 11.4. The third-order valence-electron chi connectivity index (χ3n) is 1.78.